The highest BCUT2D eigenvalue weighted by Crippen LogP contribution is 2.24. The van der Waals surface area contributed by atoms with Gasteiger partial charge in [0.25, 0.3) is 5.69 Å². The van der Waals surface area contributed by atoms with Gasteiger partial charge in [0.1, 0.15) is 0 Å². The summed E-state index contributed by atoms with van der Waals surface area (Å²) in [6, 6.07) is 15.9. The van der Waals surface area contributed by atoms with Crippen LogP contribution in [0.4, 0.5) is 5.69 Å². The lowest BCUT2D eigenvalue weighted by atomic mass is 10.0. The van der Waals surface area contributed by atoms with Crippen LogP contribution in [0.25, 0.3) is 0 Å². The number of aliphatic hydroxyl groups excluding tert-OH is 1. The van der Waals surface area contributed by atoms with Gasteiger partial charge in [-0.25, -0.2) is 0 Å². The summed E-state index contributed by atoms with van der Waals surface area (Å²) in [5.41, 5.74) is 1.63. The van der Waals surface area contributed by atoms with Crippen molar-refractivity contribution in [2.45, 2.75) is 25.0 Å². The maximum atomic E-state index is 12.9. The first-order valence-electron chi connectivity index (χ1n) is 9.38. The first kappa shape index (κ1) is 20.0. The molecule has 7 heteroatoms. The Kier molecular flexibility index (Phi) is 6.38. The van der Waals surface area contributed by atoms with E-state index in [1.165, 1.54) is 12.1 Å². The van der Waals surface area contributed by atoms with Gasteiger partial charge in [-0.3, -0.25) is 19.8 Å². The minimum absolute atomic E-state index is 0.0152. The van der Waals surface area contributed by atoms with Crippen molar-refractivity contribution in [3.63, 3.8) is 0 Å². The van der Waals surface area contributed by atoms with Crippen molar-refractivity contribution in [1.29, 1.82) is 0 Å². The number of benzene rings is 2. The van der Waals surface area contributed by atoms with E-state index in [2.05, 4.69) is 4.90 Å². The molecule has 2 aromatic carbocycles. The van der Waals surface area contributed by atoms with Crippen molar-refractivity contribution in [2.24, 2.45) is 0 Å². The standard InChI is InChI=1S/C21H25N3O4/c1-22(21(26)13-16-6-5-9-18(12-16)24(27)28)20(17-7-3-2-4-8-17)15-23-11-10-19(25)14-23/h2-9,12,19-20,25H,10-11,13-15H2,1H3/t19?,20-/m1/s1. The fraction of sp³-hybridized carbons (Fsp3) is 0.381. The lowest BCUT2D eigenvalue weighted by Crippen LogP contribution is -2.39. The minimum Gasteiger partial charge on any atom is -0.392 e. The third-order valence-corrected chi connectivity index (χ3v) is 5.20. The highest BCUT2D eigenvalue weighted by atomic mass is 16.6. The Morgan fingerprint density at radius 2 is 2.04 bits per heavy atom. The summed E-state index contributed by atoms with van der Waals surface area (Å²) in [6.45, 7) is 2.05. The predicted octanol–water partition coefficient (Wildman–Crippen LogP) is 2.40. The van der Waals surface area contributed by atoms with Gasteiger partial charge in [-0.1, -0.05) is 42.5 Å². The van der Waals surface area contributed by atoms with Crippen molar-refractivity contribution < 1.29 is 14.8 Å². The molecule has 0 aliphatic carbocycles. The number of rotatable bonds is 7. The quantitative estimate of drug-likeness (QED) is 0.586. The second-order valence-corrected chi connectivity index (χ2v) is 7.24. The van der Waals surface area contributed by atoms with Gasteiger partial charge in [0, 0.05) is 38.8 Å². The van der Waals surface area contributed by atoms with E-state index in [9.17, 15) is 20.0 Å². The van der Waals surface area contributed by atoms with Crippen LogP contribution in [0, 0.1) is 10.1 Å². The number of aliphatic hydroxyl groups is 1. The number of likely N-dealkylation sites (N-methyl/N-ethyl adjacent to an activating group) is 1. The summed E-state index contributed by atoms with van der Waals surface area (Å²) in [5.74, 6) is -0.103. The van der Waals surface area contributed by atoms with Crippen molar-refractivity contribution in [3.8, 4) is 0 Å². The molecular formula is C21H25N3O4. The molecule has 2 aromatic rings. The number of hydrogen-bond acceptors (Lipinski definition) is 5. The molecule has 1 aliphatic heterocycles. The van der Waals surface area contributed by atoms with E-state index in [0.717, 1.165) is 18.5 Å². The van der Waals surface area contributed by atoms with Crippen LogP contribution in [-0.2, 0) is 11.2 Å². The molecule has 28 heavy (non-hydrogen) atoms. The molecule has 0 spiro atoms. The van der Waals surface area contributed by atoms with Gasteiger partial charge in [0.2, 0.25) is 5.91 Å². The average molecular weight is 383 g/mol. The van der Waals surface area contributed by atoms with Crippen LogP contribution >= 0.6 is 0 Å². The van der Waals surface area contributed by atoms with Gasteiger partial charge in [0.15, 0.2) is 0 Å². The molecule has 1 unspecified atom stereocenters. The minimum atomic E-state index is -0.455. The van der Waals surface area contributed by atoms with Crippen molar-refractivity contribution in [1.82, 2.24) is 9.80 Å². The number of amides is 1. The van der Waals surface area contributed by atoms with Crippen LogP contribution < -0.4 is 0 Å². The Balaban J connectivity index is 1.76. The number of nitrogens with zero attached hydrogens (tertiary/aromatic N) is 3. The van der Waals surface area contributed by atoms with Crippen LogP contribution in [0.5, 0.6) is 0 Å². The molecule has 1 aliphatic rings. The smallest absolute Gasteiger partial charge is 0.269 e. The van der Waals surface area contributed by atoms with Gasteiger partial charge in [-0.2, -0.15) is 0 Å². The van der Waals surface area contributed by atoms with Crippen LogP contribution in [0.1, 0.15) is 23.6 Å². The maximum absolute atomic E-state index is 12.9. The number of carbonyl (C=O) groups is 1. The molecule has 1 heterocycles. The summed E-state index contributed by atoms with van der Waals surface area (Å²) in [5, 5.41) is 20.8. The predicted molar refractivity (Wildman–Crippen MR) is 106 cm³/mol. The van der Waals surface area contributed by atoms with E-state index in [1.807, 2.05) is 30.3 Å². The molecule has 1 fully saturated rings. The van der Waals surface area contributed by atoms with Crippen molar-refractivity contribution >= 4 is 11.6 Å². The molecule has 2 atom stereocenters. The fourth-order valence-corrected chi connectivity index (χ4v) is 3.60. The Bertz CT molecular complexity index is 827. The zero-order valence-corrected chi connectivity index (χ0v) is 15.9. The Hall–Kier alpha value is -2.77. The fourth-order valence-electron chi connectivity index (χ4n) is 3.60. The van der Waals surface area contributed by atoms with Crippen LogP contribution in [0.3, 0.4) is 0 Å². The van der Waals surface area contributed by atoms with Crippen LogP contribution in [0.2, 0.25) is 0 Å². The molecule has 0 saturated carbocycles. The highest BCUT2D eigenvalue weighted by molar-refractivity contribution is 5.79. The SMILES string of the molecule is CN(C(=O)Cc1cccc([N+](=O)[O-])c1)[C@H](CN1CCC(O)C1)c1ccccc1. The molecule has 0 bridgehead atoms. The number of hydrogen-bond donors (Lipinski definition) is 1. The molecule has 3 rings (SSSR count). The first-order chi connectivity index (χ1) is 13.4. The van der Waals surface area contributed by atoms with Crippen LogP contribution in [-0.4, -0.2) is 58.5 Å². The van der Waals surface area contributed by atoms with Crippen molar-refractivity contribution in [2.75, 3.05) is 26.7 Å². The summed E-state index contributed by atoms with van der Waals surface area (Å²) in [7, 11) is 1.77. The molecule has 148 valence electrons. The zero-order valence-electron chi connectivity index (χ0n) is 15.9. The Morgan fingerprint density at radius 1 is 1.29 bits per heavy atom. The maximum Gasteiger partial charge on any atom is 0.269 e. The average Bonchev–Trinajstić information content (AvgIpc) is 3.11. The van der Waals surface area contributed by atoms with E-state index < -0.39 is 4.92 Å². The molecule has 0 radical (unpaired) electrons. The zero-order chi connectivity index (χ0) is 20.1. The van der Waals surface area contributed by atoms with E-state index in [0.29, 0.717) is 18.7 Å². The molecule has 1 N–H and O–H groups in total. The summed E-state index contributed by atoms with van der Waals surface area (Å²) in [4.78, 5) is 27.3. The first-order valence-corrected chi connectivity index (χ1v) is 9.38. The van der Waals surface area contributed by atoms with Crippen molar-refractivity contribution in [3.05, 3.63) is 75.8 Å². The van der Waals surface area contributed by atoms with Gasteiger partial charge < -0.3 is 10.0 Å². The van der Waals surface area contributed by atoms with E-state index in [1.54, 1.807) is 24.1 Å². The van der Waals surface area contributed by atoms with E-state index in [4.69, 9.17) is 0 Å². The number of carbonyl (C=O) groups excluding carboxylic acids is 1. The van der Waals surface area contributed by atoms with Gasteiger partial charge in [-0.15, -0.1) is 0 Å². The monoisotopic (exact) mass is 383 g/mol. The number of β-amino-alcohol motifs (C(OH)–C–C–N with tert-alkyl or cyclic N) is 1. The Morgan fingerprint density at radius 3 is 2.68 bits per heavy atom. The molecule has 1 saturated heterocycles. The summed E-state index contributed by atoms with van der Waals surface area (Å²) < 4.78 is 0. The second-order valence-electron chi connectivity index (χ2n) is 7.24. The Labute approximate surface area is 164 Å². The van der Waals surface area contributed by atoms with Gasteiger partial charge in [-0.05, 0) is 17.5 Å². The van der Waals surface area contributed by atoms with Gasteiger partial charge >= 0.3 is 0 Å². The van der Waals surface area contributed by atoms with E-state index in [-0.39, 0.29) is 30.2 Å². The molecule has 7 nitrogen and oxygen atoms in total. The number of nitro benzene ring substituents is 1. The lowest BCUT2D eigenvalue weighted by Gasteiger charge is -2.32. The summed E-state index contributed by atoms with van der Waals surface area (Å²) in [6.07, 6.45) is 0.527. The largest absolute Gasteiger partial charge is 0.392 e. The third kappa shape index (κ3) is 4.94. The molecule has 1 amide bonds. The van der Waals surface area contributed by atoms with E-state index >= 15 is 0 Å². The third-order valence-electron chi connectivity index (χ3n) is 5.20. The van der Waals surface area contributed by atoms with Gasteiger partial charge in [0.05, 0.1) is 23.5 Å². The normalized spacial score (nSPS) is 18.0. The lowest BCUT2D eigenvalue weighted by molar-refractivity contribution is -0.384. The summed E-state index contributed by atoms with van der Waals surface area (Å²) >= 11 is 0. The molecule has 0 aromatic heterocycles. The second kappa shape index (κ2) is 8.95. The highest BCUT2D eigenvalue weighted by Gasteiger charge is 2.28. The number of likely N-dealkylation sites (tertiary alicyclic amines) is 1. The number of nitro groups is 1. The van der Waals surface area contributed by atoms with Crippen LogP contribution in [0.15, 0.2) is 54.6 Å². The topological polar surface area (TPSA) is 86.9 Å². The molecular weight excluding hydrogens is 358 g/mol. The number of non-ortho nitro benzene ring substituents is 1.